The summed E-state index contributed by atoms with van der Waals surface area (Å²) >= 11 is 0. The van der Waals surface area contributed by atoms with E-state index in [0.29, 0.717) is 6.04 Å². The monoisotopic (exact) mass is 170 g/mol. The van der Waals surface area contributed by atoms with Gasteiger partial charge in [-0.3, -0.25) is 0 Å². The Labute approximate surface area is 76.1 Å². The minimum Gasteiger partial charge on any atom is -0.327 e. The van der Waals surface area contributed by atoms with Crippen molar-refractivity contribution >= 4 is 0 Å². The molecule has 0 bridgehead atoms. The van der Waals surface area contributed by atoms with Crippen LogP contribution >= 0.6 is 0 Å². The van der Waals surface area contributed by atoms with Gasteiger partial charge in [-0.15, -0.1) is 0 Å². The highest BCUT2D eigenvalue weighted by Crippen LogP contribution is 2.23. The van der Waals surface area contributed by atoms with E-state index < -0.39 is 0 Å². The third-order valence-corrected chi connectivity index (χ3v) is 2.80. The minimum atomic E-state index is 0.330. The van der Waals surface area contributed by atoms with Gasteiger partial charge in [0.05, 0.1) is 0 Å². The third kappa shape index (κ3) is 2.76. The van der Waals surface area contributed by atoms with Crippen LogP contribution < -0.4 is 5.73 Å². The molecule has 0 radical (unpaired) electrons. The van der Waals surface area contributed by atoms with Gasteiger partial charge in [-0.2, -0.15) is 0 Å². The minimum absolute atomic E-state index is 0.330. The molecule has 0 spiro atoms. The average molecular weight is 170 g/mol. The molecule has 1 fully saturated rings. The van der Waals surface area contributed by atoms with Gasteiger partial charge in [0.1, 0.15) is 0 Å². The Morgan fingerprint density at radius 1 is 1.42 bits per heavy atom. The quantitative estimate of drug-likeness (QED) is 0.692. The molecule has 0 amide bonds. The Morgan fingerprint density at radius 2 is 2.08 bits per heavy atom. The van der Waals surface area contributed by atoms with Crippen molar-refractivity contribution in [1.29, 1.82) is 0 Å². The molecule has 1 heterocycles. The van der Waals surface area contributed by atoms with Crippen molar-refractivity contribution in [2.24, 2.45) is 17.6 Å². The Morgan fingerprint density at radius 3 is 2.50 bits per heavy atom. The first-order valence-electron chi connectivity index (χ1n) is 5.07. The predicted octanol–water partition coefficient (Wildman–Crippen LogP) is 1.31. The molecule has 72 valence electrons. The summed E-state index contributed by atoms with van der Waals surface area (Å²) < 4.78 is 0. The number of rotatable bonds is 3. The van der Waals surface area contributed by atoms with Crippen LogP contribution in [0.25, 0.3) is 0 Å². The third-order valence-electron chi connectivity index (χ3n) is 2.80. The van der Waals surface area contributed by atoms with Crippen LogP contribution in [0.5, 0.6) is 0 Å². The van der Waals surface area contributed by atoms with Crippen LogP contribution in [0.3, 0.4) is 0 Å². The summed E-state index contributed by atoms with van der Waals surface area (Å²) in [6.45, 7) is 10.3. The van der Waals surface area contributed by atoms with Crippen LogP contribution in [-0.4, -0.2) is 30.6 Å². The normalized spacial score (nSPS) is 28.2. The second-order valence-corrected chi connectivity index (χ2v) is 4.53. The predicted molar refractivity (Wildman–Crippen MR) is 53.0 cm³/mol. The lowest BCUT2D eigenvalue weighted by molar-refractivity contribution is 0.291. The molecule has 1 aliphatic rings. The van der Waals surface area contributed by atoms with Gasteiger partial charge in [-0.25, -0.2) is 0 Å². The van der Waals surface area contributed by atoms with E-state index in [4.69, 9.17) is 5.73 Å². The van der Waals surface area contributed by atoms with Gasteiger partial charge < -0.3 is 10.6 Å². The standard InChI is InChI=1S/C10H22N2/c1-8(2)10-4-5-12(7-10)6-9(3)11/h8-10H,4-7,11H2,1-3H3/t9-,10?/m0/s1. The van der Waals surface area contributed by atoms with Gasteiger partial charge in [0.2, 0.25) is 0 Å². The maximum absolute atomic E-state index is 5.75. The fourth-order valence-corrected chi connectivity index (χ4v) is 1.98. The largest absolute Gasteiger partial charge is 0.327 e. The molecule has 1 rings (SSSR count). The smallest absolute Gasteiger partial charge is 0.0139 e. The highest BCUT2D eigenvalue weighted by Gasteiger charge is 2.24. The highest BCUT2D eigenvalue weighted by molar-refractivity contribution is 4.78. The van der Waals surface area contributed by atoms with Gasteiger partial charge in [0, 0.05) is 19.1 Å². The van der Waals surface area contributed by atoms with Crippen LogP contribution in [-0.2, 0) is 0 Å². The van der Waals surface area contributed by atoms with Crippen molar-refractivity contribution in [2.75, 3.05) is 19.6 Å². The van der Waals surface area contributed by atoms with Gasteiger partial charge in [0.15, 0.2) is 0 Å². The first kappa shape index (κ1) is 10.0. The molecule has 0 aromatic carbocycles. The number of nitrogens with zero attached hydrogens (tertiary/aromatic N) is 1. The molecule has 2 nitrogen and oxygen atoms in total. The molecule has 0 aliphatic carbocycles. The number of nitrogens with two attached hydrogens (primary N) is 1. The van der Waals surface area contributed by atoms with Gasteiger partial charge in [0.25, 0.3) is 0 Å². The van der Waals surface area contributed by atoms with Gasteiger partial charge in [-0.05, 0) is 31.7 Å². The zero-order chi connectivity index (χ0) is 9.14. The lowest BCUT2D eigenvalue weighted by atomic mass is 9.95. The maximum Gasteiger partial charge on any atom is 0.0139 e. The van der Waals surface area contributed by atoms with Crippen LogP contribution in [0.2, 0.25) is 0 Å². The van der Waals surface area contributed by atoms with Crippen LogP contribution in [0, 0.1) is 11.8 Å². The average Bonchev–Trinajstić information content (AvgIpc) is 2.34. The molecular formula is C10H22N2. The highest BCUT2D eigenvalue weighted by atomic mass is 15.2. The molecule has 1 unspecified atom stereocenters. The van der Waals surface area contributed by atoms with E-state index in [1.54, 1.807) is 0 Å². The molecule has 1 aliphatic heterocycles. The summed E-state index contributed by atoms with van der Waals surface area (Å²) in [5.74, 6) is 1.74. The molecule has 2 atom stereocenters. The lowest BCUT2D eigenvalue weighted by Gasteiger charge is -2.19. The van der Waals surface area contributed by atoms with E-state index in [0.717, 1.165) is 18.4 Å². The number of hydrogen-bond acceptors (Lipinski definition) is 2. The molecule has 0 saturated carbocycles. The van der Waals surface area contributed by atoms with Crippen molar-refractivity contribution in [1.82, 2.24) is 4.90 Å². The van der Waals surface area contributed by atoms with Crippen molar-refractivity contribution < 1.29 is 0 Å². The van der Waals surface area contributed by atoms with Crippen molar-refractivity contribution in [3.63, 3.8) is 0 Å². The SMILES string of the molecule is CC(C)C1CCN(C[C@H](C)N)C1. The Kier molecular flexibility index (Phi) is 3.53. The first-order valence-corrected chi connectivity index (χ1v) is 5.07. The van der Waals surface area contributed by atoms with Gasteiger partial charge in [-0.1, -0.05) is 13.8 Å². The van der Waals surface area contributed by atoms with E-state index in [-0.39, 0.29) is 0 Å². The van der Waals surface area contributed by atoms with Crippen LogP contribution in [0.4, 0.5) is 0 Å². The van der Waals surface area contributed by atoms with Crippen molar-refractivity contribution in [2.45, 2.75) is 33.2 Å². The Balaban J connectivity index is 2.26. The van der Waals surface area contributed by atoms with E-state index >= 15 is 0 Å². The second kappa shape index (κ2) is 4.24. The summed E-state index contributed by atoms with van der Waals surface area (Å²) in [4.78, 5) is 2.50. The lowest BCUT2D eigenvalue weighted by Crippen LogP contribution is -2.34. The Bertz CT molecular complexity index is 132. The topological polar surface area (TPSA) is 29.3 Å². The van der Waals surface area contributed by atoms with E-state index in [2.05, 4.69) is 25.7 Å². The summed E-state index contributed by atoms with van der Waals surface area (Å²) in [7, 11) is 0. The van der Waals surface area contributed by atoms with E-state index in [9.17, 15) is 0 Å². The fourth-order valence-electron chi connectivity index (χ4n) is 1.98. The van der Waals surface area contributed by atoms with Crippen LogP contribution in [0.15, 0.2) is 0 Å². The van der Waals surface area contributed by atoms with Crippen molar-refractivity contribution in [3.05, 3.63) is 0 Å². The zero-order valence-corrected chi connectivity index (χ0v) is 8.59. The molecule has 0 aromatic heterocycles. The van der Waals surface area contributed by atoms with Gasteiger partial charge >= 0.3 is 0 Å². The molecule has 0 aromatic rings. The number of hydrogen-bond donors (Lipinski definition) is 1. The second-order valence-electron chi connectivity index (χ2n) is 4.53. The molecule has 2 N–H and O–H groups in total. The summed E-state index contributed by atoms with van der Waals surface area (Å²) in [5.41, 5.74) is 5.75. The van der Waals surface area contributed by atoms with Crippen LogP contribution in [0.1, 0.15) is 27.2 Å². The Hall–Kier alpha value is -0.0800. The van der Waals surface area contributed by atoms with E-state index in [1.807, 2.05) is 0 Å². The summed E-state index contributed by atoms with van der Waals surface area (Å²) in [5, 5.41) is 0. The summed E-state index contributed by atoms with van der Waals surface area (Å²) in [6, 6.07) is 0.330. The van der Waals surface area contributed by atoms with Crippen molar-refractivity contribution in [3.8, 4) is 0 Å². The fraction of sp³-hybridized carbons (Fsp3) is 1.00. The first-order chi connectivity index (χ1) is 5.59. The molecule has 1 saturated heterocycles. The molecule has 12 heavy (non-hydrogen) atoms. The summed E-state index contributed by atoms with van der Waals surface area (Å²) in [6.07, 6.45) is 1.37. The molecule has 2 heteroatoms. The number of likely N-dealkylation sites (tertiary alicyclic amines) is 1. The maximum atomic E-state index is 5.75. The zero-order valence-electron chi connectivity index (χ0n) is 8.59. The van der Waals surface area contributed by atoms with E-state index in [1.165, 1.54) is 19.5 Å². The molecular weight excluding hydrogens is 148 g/mol.